The average Bonchev–Trinajstić information content (AvgIpc) is 3.31. The Labute approximate surface area is 143 Å². The summed E-state index contributed by atoms with van der Waals surface area (Å²) in [6.07, 6.45) is 9.16. The van der Waals surface area contributed by atoms with Gasteiger partial charge in [-0.3, -0.25) is 19.2 Å². The second-order valence-electron chi connectivity index (χ2n) is 6.43. The van der Waals surface area contributed by atoms with Crippen LogP contribution in [0, 0.1) is 0 Å². The van der Waals surface area contributed by atoms with Crippen molar-refractivity contribution in [2.24, 2.45) is 0 Å². The summed E-state index contributed by atoms with van der Waals surface area (Å²) in [4.78, 5) is 13.3. The van der Waals surface area contributed by atoms with Crippen LogP contribution in [0.15, 0.2) is 25.3 Å². The molecule has 0 saturated carbocycles. The van der Waals surface area contributed by atoms with Gasteiger partial charge in [-0.25, -0.2) is 9.97 Å². The van der Waals surface area contributed by atoms with E-state index in [-0.39, 0.29) is 0 Å². The number of hydrogen-bond acceptors (Lipinski definition) is 6. The highest BCUT2D eigenvalue weighted by Gasteiger charge is 2.31. The van der Waals surface area contributed by atoms with Crippen molar-refractivity contribution in [1.82, 2.24) is 39.3 Å². The highest BCUT2D eigenvalue weighted by Crippen LogP contribution is 2.19. The first kappa shape index (κ1) is 17.0. The molecular weight excluding hydrogens is 304 g/mol. The lowest BCUT2D eigenvalue weighted by Crippen LogP contribution is -2.58. The Morgan fingerprint density at radius 2 is 1.21 bits per heavy atom. The molecule has 24 heavy (non-hydrogen) atoms. The van der Waals surface area contributed by atoms with Gasteiger partial charge in [-0.05, 0) is 12.8 Å². The molecule has 8 nitrogen and oxygen atoms in total. The maximum Gasteiger partial charge on any atom is 0.137 e. The lowest BCUT2D eigenvalue weighted by Gasteiger charge is -2.46. The van der Waals surface area contributed by atoms with Gasteiger partial charge in [0.15, 0.2) is 0 Å². The van der Waals surface area contributed by atoms with Crippen LogP contribution in [-0.2, 0) is 13.1 Å². The van der Waals surface area contributed by atoms with Crippen molar-refractivity contribution in [3.63, 3.8) is 0 Å². The van der Waals surface area contributed by atoms with E-state index in [1.54, 1.807) is 25.3 Å². The molecule has 8 heteroatoms. The summed E-state index contributed by atoms with van der Waals surface area (Å²) in [5, 5.41) is 8.43. The van der Waals surface area contributed by atoms with Crippen LogP contribution in [0.5, 0.6) is 0 Å². The average molecular weight is 332 g/mol. The van der Waals surface area contributed by atoms with Crippen LogP contribution >= 0.6 is 0 Å². The highest BCUT2D eigenvalue weighted by atomic mass is 15.4. The second-order valence-corrected chi connectivity index (χ2v) is 6.43. The molecule has 0 radical (unpaired) electrons. The first-order chi connectivity index (χ1) is 11.8. The van der Waals surface area contributed by atoms with Gasteiger partial charge in [-0.2, -0.15) is 10.2 Å². The maximum absolute atomic E-state index is 4.22. The predicted molar refractivity (Wildman–Crippen MR) is 91.3 cm³/mol. The van der Waals surface area contributed by atoms with Gasteiger partial charge in [0.1, 0.15) is 25.3 Å². The molecule has 0 aromatic carbocycles. The monoisotopic (exact) mass is 332 g/mol. The van der Waals surface area contributed by atoms with Crippen LogP contribution < -0.4 is 0 Å². The lowest BCUT2D eigenvalue weighted by atomic mass is 10.0. The van der Waals surface area contributed by atoms with Crippen molar-refractivity contribution in [1.29, 1.82) is 0 Å². The van der Waals surface area contributed by atoms with Crippen LogP contribution in [-0.4, -0.2) is 77.6 Å². The molecule has 0 aliphatic carbocycles. The molecule has 1 aliphatic heterocycles. The summed E-state index contributed by atoms with van der Waals surface area (Å²) < 4.78 is 3.84. The Morgan fingerprint density at radius 1 is 0.750 bits per heavy atom. The molecule has 0 bridgehead atoms. The minimum atomic E-state index is 0.604. The van der Waals surface area contributed by atoms with E-state index in [2.05, 4.69) is 43.8 Å². The summed E-state index contributed by atoms with van der Waals surface area (Å²) in [5.74, 6) is 0. The number of nitrogens with zero attached hydrogens (tertiary/aromatic N) is 8. The molecule has 1 aliphatic rings. The first-order valence-corrected chi connectivity index (χ1v) is 8.93. The molecule has 3 rings (SSSR count). The molecular formula is C16H28N8. The van der Waals surface area contributed by atoms with E-state index >= 15 is 0 Å². The van der Waals surface area contributed by atoms with Crippen molar-refractivity contribution in [2.75, 3.05) is 26.2 Å². The number of piperazine rings is 1. The van der Waals surface area contributed by atoms with Crippen molar-refractivity contribution < 1.29 is 0 Å². The fourth-order valence-electron chi connectivity index (χ4n) is 3.55. The Balaban J connectivity index is 1.56. The topological polar surface area (TPSA) is 67.9 Å². The Bertz CT molecular complexity index is 515. The minimum Gasteiger partial charge on any atom is -0.296 e. The third kappa shape index (κ3) is 4.18. The number of aromatic nitrogens is 6. The Hall–Kier alpha value is -1.80. The fraction of sp³-hybridized carbons (Fsp3) is 0.750. The summed E-state index contributed by atoms with van der Waals surface area (Å²) in [6, 6.07) is 1.21. The first-order valence-electron chi connectivity index (χ1n) is 8.93. The zero-order valence-corrected chi connectivity index (χ0v) is 14.7. The minimum absolute atomic E-state index is 0.604. The summed E-state index contributed by atoms with van der Waals surface area (Å²) >= 11 is 0. The molecule has 0 amide bonds. The van der Waals surface area contributed by atoms with Gasteiger partial charge in [0.25, 0.3) is 0 Å². The number of rotatable bonds is 8. The normalized spacial score (nSPS) is 22.9. The molecule has 2 aromatic rings. The van der Waals surface area contributed by atoms with Gasteiger partial charge in [0.05, 0.1) is 13.1 Å². The molecule has 2 aromatic heterocycles. The van der Waals surface area contributed by atoms with Gasteiger partial charge in [-0.1, -0.05) is 13.8 Å². The van der Waals surface area contributed by atoms with Crippen molar-refractivity contribution in [2.45, 2.75) is 51.9 Å². The zero-order valence-electron chi connectivity index (χ0n) is 14.7. The summed E-state index contributed by atoms with van der Waals surface area (Å²) in [5.41, 5.74) is 0. The van der Waals surface area contributed by atoms with Gasteiger partial charge in [0.2, 0.25) is 0 Å². The largest absolute Gasteiger partial charge is 0.296 e. The Morgan fingerprint density at radius 3 is 1.54 bits per heavy atom. The third-order valence-corrected chi connectivity index (χ3v) is 5.03. The van der Waals surface area contributed by atoms with Gasteiger partial charge in [0, 0.05) is 38.3 Å². The molecule has 1 saturated heterocycles. The predicted octanol–water partition coefficient (Wildman–Crippen LogP) is 0.745. The fourth-order valence-corrected chi connectivity index (χ4v) is 3.55. The summed E-state index contributed by atoms with van der Waals surface area (Å²) in [6.45, 7) is 10.7. The van der Waals surface area contributed by atoms with E-state index in [0.717, 1.165) is 39.3 Å². The van der Waals surface area contributed by atoms with Crippen LogP contribution in [0.4, 0.5) is 0 Å². The van der Waals surface area contributed by atoms with E-state index in [4.69, 9.17) is 0 Å². The molecule has 0 N–H and O–H groups in total. The van der Waals surface area contributed by atoms with E-state index in [0.29, 0.717) is 12.1 Å². The van der Waals surface area contributed by atoms with Crippen LogP contribution in [0.1, 0.15) is 26.7 Å². The third-order valence-electron chi connectivity index (χ3n) is 5.03. The van der Waals surface area contributed by atoms with Crippen molar-refractivity contribution in [3.8, 4) is 0 Å². The smallest absolute Gasteiger partial charge is 0.137 e. The van der Waals surface area contributed by atoms with E-state index in [9.17, 15) is 0 Å². The summed E-state index contributed by atoms with van der Waals surface area (Å²) in [7, 11) is 0. The van der Waals surface area contributed by atoms with Crippen LogP contribution in [0.2, 0.25) is 0 Å². The van der Waals surface area contributed by atoms with E-state index < -0.39 is 0 Å². The molecule has 0 unspecified atom stereocenters. The second kappa shape index (κ2) is 8.34. The van der Waals surface area contributed by atoms with Crippen molar-refractivity contribution >= 4 is 0 Å². The SMILES string of the molecule is CC[C@@H]1CN(CCn2cncn2)[C@@H](CC)CN1CCn1cncn1. The Kier molecular flexibility index (Phi) is 5.92. The molecule has 1 fully saturated rings. The molecule has 2 atom stereocenters. The van der Waals surface area contributed by atoms with Gasteiger partial charge in [-0.15, -0.1) is 0 Å². The molecule has 0 spiro atoms. The quantitative estimate of drug-likeness (QED) is 0.710. The molecule has 132 valence electrons. The maximum atomic E-state index is 4.22. The zero-order chi connectivity index (χ0) is 16.8. The van der Waals surface area contributed by atoms with Crippen LogP contribution in [0.3, 0.4) is 0 Å². The van der Waals surface area contributed by atoms with Crippen molar-refractivity contribution in [3.05, 3.63) is 25.3 Å². The van der Waals surface area contributed by atoms with Crippen LogP contribution in [0.25, 0.3) is 0 Å². The lowest BCUT2D eigenvalue weighted by molar-refractivity contribution is 0.0200. The van der Waals surface area contributed by atoms with E-state index in [1.165, 1.54) is 12.8 Å². The van der Waals surface area contributed by atoms with Gasteiger partial charge >= 0.3 is 0 Å². The van der Waals surface area contributed by atoms with Gasteiger partial charge < -0.3 is 0 Å². The number of hydrogen-bond donors (Lipinski definition) is 0. The highest BCUT2D eigenvalue weighted by molar-refractivity contribution is 4.87. The van der Waals surface area contributed by atoms with E-state index in [1.807, 2.05) is 9.36 Å². The standard InChI is InChI=1S/C16H28N8/c1-3-15-9-22(6-8-24-14-18-12-20-24)16(4-2)10-21(15)5-7-23-13-17-11-19-23/h11-16H,3-10H2,1-2H3/t15-,16+. The molecule has 3 heterocycles.